The van der Waals surface area contributed by atoms with Crippen molar-refractivity contribution in [3.63, 3.8) is 0 Å². The fourth-order valence-electron chi connectivity index (χ4n) is 2.81. The summed E-state index contributed by atoms with van der Waals surface area (Å²) in [6.07, 6.45) is 10.3. The summed E-state index contributed by atoms with van der Waals surface area (Å²) in [7, 11) is 0. The lowest BCUT2D eigenvalue weighted by Gasteiger charge is -2.30. The minimum atomic E-state index is 0.641. The number of allylic oxidation sites excluding steroid dienone is 3. The Morgan fingerprint density at radius 3 is 2.72 bits per heavy atom. The Labute approximate surface area is 116 Å². The highest BCUT2D eigenvalue weighted by Gasteiger charge is 2.26. The quantitative estimate of drug-likeness (QED) is 0.589. The molecule has 1 nitrogen and oxygen atoms in total. The van der Waals surface area contributed by atoms with Gasteiger partial charge in [-0.3, -0.25) is 4.99 Å². The van der Waals surface area contributed by atoms with Crippen molar-refractivity contribution in [2.24, 2.45) is 10.9 Å². The van der Waals surface area contributed by atoms with Gasteiger partial charge in [0.05, 0.1) is 0 Å². The van der Waals surface area contributed by atoms with Gasteiger partial charge in [0.25, 0.3) is 0 Å². The van der Waals surface area contributed by atoms with Crippen LogP contribution in [0.15, 0.2) is 27.2 Å². The van der Waals surface area contributed by atoms with E-state index in [1.165, 1.54) is 49.3 Å². The third-order valence-electron chi connectivity index (χ3n) is 3.74. The number of rotatable bonds is 6. The third-order valence-corrected chi connectivity index (χ3v) is 5.14. The molecule has 0 aromatic rings. The summed E-state index contributed by atoms with van der Waals surface area (Å²) in [5.74, 6) is 1.92. The predicted molar refractivity (Wildman–Crippen MR) is 83.2 cm³/mol. The summed E-state index contributed by atoms with van der Waals surface area (Å²) in [4.78, 5) is 6.20. The Balaban J connectivity index is 1.91. The van der Waals surface area contributed by atoms with Crippen molar-refractivity contribution in [1.29, 1.82) is 0 Å². The molecule has 1 atom stereocenters. The van der Waals surface area contributed by atoms with E-state index in [9.17, 15) is 0 Å². The van der Waals surface area contributed by atoms with Crippen LogP contribution in [0, 0.1) is 5.92 Å². The van der Waals surface area contributed by atoms with E-state index in [-0.39, 0.29) is 0 Å². The molecule has 18 heavy (non-hydrogen) atoms. The van der Waals surface area contributed by atoms with Crippen LogP contribution in [0.1, 0.15) is 59.3 Å². The molecule has 0 aliphatic carbocycles. The van der Waals surface area contributed by atoms with E-state index in [1.807, 2.05) is 0 Å². The molecule has 0 saturated heterocycles. The number of aliphatic imine (C=N–C) groups is 1. The first kappa shape index (κ1) is 13.9. The molecule has 0 fully saturated rings. The van der Waals surface area contributed by atoms with Gasteiger partial charge in [0.1, 0.15) is 0 Å². The summed E-state index contributed by atoms with van der Waals surface area (Å²) in [6.45, 7) is 6.57. The molecule has 0 bridgehead atoms. The van der Waals surface area contributed by atoms with Crippen molar-refractivity contribution in [2.75, 3.05) is 5.75 Å². The highest BCUT2D eigenvalue weighted by atomic mass is 32.2. The Bertz CT molecular complexity index is 390. The van der Waals surface area contributed by atoms with E-state index in [1.54, 1.807) is 10.5 Å². The molecule has 0 N–H and O–H groups in total. The normalized spacial score (nSPS) is 23.6. The summed E-state index contributed by atoms with van der Waals surface area (Å²) in [6, 6.07) is 0. The minimum absolute atomic E-state index is 0.641. The molecule has 1 unspecified atom stereocenters. The second-order valence-electron chi connectivity index (χ2n) is 5.53. The smallest absolute Gasteiger partial charge is 0.0338 e. The zero-order valence-electron chi connectivity index (χ0n) is 12.0. The highest BCUT2D eigenvalue weighted by molar-refractivity contribution is 8.04. The molecule has 0 aromatic carbocycles. The molecule has 2 heteroatoms. The molecule has 0 saturated carbocycles. The maximum Gasteiger partial charge on any atom is 0.0338 e. The van der Waals surface area contributed by atoms with Gasteiger partial charge in [-0.15, -0.1) is 11.8 Å². The molecule has 2 rings (SSSR count). The van der Waals surface area contributed by atoms with E-state index < -0.39 is 0 Å². The monoisotopic (exact) mass is 263 g/mol. The van der Waals surface area contributed by atoms with Crippen LogP contribution < -0.4 is 0 Å². The predicted octanol–water partition coefficient (Wildman–Crippen LogP) is 5.34. The van der Waals surface area contributed by atoms with Crippen molar-refractivity contribution in [3.05, 3.63) is 22.3 Å². The number of hydrogen-bond acceptors (Lipinski definition) is 2. The van der Waals surface area contributed by atoms with Crippen molar-refractivity contribution in [2.45, 2.75) is 59.3 Å². The molecule has 2 heterocycles. The maximum atomic E-state index is 4.53. The van der Waals surface area contributed by atoms with Crippen molar-refractivity contribution >= 4 is 17.5 Å². The van der Waals surface area contributed by atoms with Crippen molar-refractivity contribution in [3.8, 4) is 0 Å². The van der Waals surface area contributed by atoms with E-state index in [0.717, 1.165) is 6.42 Å². The summed E-state index contributed by atoms with van der Waals surface area (Å²) in [5.41, 5.74) is 4.24. The largest absolute Gasteiger partial charge is 0.263 e. The Kier molecular flexibility index (Phi) is 5.11. The van der Waals surface area contributed by atoms with E-state index in [4.69, 9.17) is 0 Å². The van der Waals surface area contributed by atoms with Crippen LogP contribution >= 0.6 is 11.8 Å². The lowest BCUT2D eigenvalue weighted by molar-refractivity contribution is 0.657. The topological polar surface area (TPSA) is 12.4 Å². The lowest BCUT2D eigenvalue weighted by atomic mass is 9.93. The maximum absolute atomic E-state index is 4.53. The second kappa shape index (κ2) is 6.60. The van der Waals surface area contributed by atoms with E-state index in [0.29, 0.717) is 5.92 Å². The lowest BCUT2D eigenvalue weighted by Crippen LogP contribution is -2.17. The zero-order valence-corrected chi connectivity index (χ0v) is 12.8. The summed E-state index contributed by atoms with van der Waals surface area (Å²) in [5, 5.41) is 0. The summed E-state index contributed by atoms with van der Waals surface area (Å²) < 4.78 is 0. The first-order chi connectivity index (χ1) is 8.70. The van der Waals surface area contributed by atoms with Crippen LogP contribution in [0.4, 0.5) is 0 Å². The molecule has 2 aliphatic heterocycles. The van der Waals surface area contributed by atoms with Gasteiger partial charge in [0.15, 0.2) is 0 Å². The number of unbranched alkanes of at least 4 members (excludes halogenated alkanes) is 3. The number of hydrogen-bond donors (Lipinski definition) is 0. The van der Waals surface area contributed by atoms with Gasteiger partial charge >= 0.3 is 0 Å². The van der Waals surface area contributed by atoms with Crippen LogP contribution in [-0.4, -0.2) is 11.5 Å². The van der Waals surface area contributed by atoms with Crippen LogP contribution in [0.2, 0.25) is 0 Å². The molecule has 0 aromatic heterocycles. The molecule has 0 radical (unpaired) electrons. The SMILES string of the molecule is CCCCCCC1=C(C2C=C(C)N=C(C)C2)SC1. The van der Waals surface area contributed by atoms with Crippen molar-refractivity contribution in [1.82, 2.24) is 0 Å². The molecule has 100 valence electrons. The first-order valence-corrected chi connectivity index (χ1v) is 8.26. The van der Waals surface area contributed by atoms with Gasteiger partial charge in [-0.1, -0.05) is 32.3 Å². The van der Waals surface area contributed by atoms with Crippen LogP contribution in [-0.2, 0) is 0 Å². The summed E-state index contributed by atoms with van der Waals surface area (Å²) >= 11 is 2.07. The minimum Gasteiger partial charge on any atom is -0.263 e. The molecular weight excluding hydrogens is 238 g/mol. The van der Waals surface area contributed by atoms with Crippen LogP contribution in [0.3, 0.4) is 0 Å². The zero-order chi connectivity index (χ0) is 13.0. The van der Waals surface area contributed by atoms with Crippen molar-refractivity contribution < 1.29 is 0 Å². The number of thioether (sulfide) groups is 1. The molecule has 2 aliphatic rings. The fraction of sp³-hybridized carbons (Fsp3) is 0.688. The average Bonchev–Trinajstić information content (AvgIpc) is 2.26. The van der Waals surface area contributed by atoms with Gasteiger partial charge in [0.2, 0.25) is 0 Å². The van der Waals surface area contributed by atoms with E-state index >= 15 is 0 Å². The number of nitrogens with zero attached hydrogens (tertiary/aromatic N) is 1. The van der Waals surface area contributed by atoms with Crippen LogP contribution in [0.25, 0.3) is 0 Å². The average molecular weight is 263 g/mol. The molecule has 0 spiro atoms. The third kappa shape index (κ3) is 3.50. The van der Waals surface area contributed by atoms with Gasteiger partial charge in [-0.25, -0.2) is 0 Å². The Hall–Kier alpha value is -0.500. The van der Waals surface area contributed by atoms with Crippen LogP contribution in [0.5, 0.6) is 0 Å². The van der Waals surface area contributed by atoms with E-state index in [2.05, 4.69) is 43.6 Å². The fourth-order valence-corrected chi connectivity index (χ4v) is 3.93. The van der Waals surface area contributed by atoms with Gasteiger partial charge < -0.3 is 0 Å². The molecule has 0 amide bonds. The van der Waals surface area contributed by atoms with Gasteiger partial charge in [0, 0.05) is 23.1 Å². The second-order valence-corrected chi connectivity index (χ2v) is 6.55. The first-order valence-electron chi connectivity index (χ1n) is 7.28. The molecular formula is C16H25NS. The highest BCUT2D eigenvalue weighted by Crippen LogP contribution is 2.44. The Morgan fingerprint density at radius 2 is 2.11 bits per heavy atom. The van der Waals surface area contributed by atoms with Gasteiger partial charge in [-0.05, 0) is 43.6 Å². The standard InChI is InChI=1S/C16H25NS/c1-4-5-6-7-8-14-11-18-16(14)15-9-12(2)17-13(3)10-15/h9,15H,4-8,10-11H2,1-3H3. The Morgan fingerprint density at radius 1 is 1.28 bits per heavy atom. The van der Waals surface area contributed by atoms with Gasteiger partial charge in [-0.2, -0.15) is 0 Å².